The lowest BCUT2D eigenvalue weighted by Gasteiger charge is -1.98. The molecular formula is C3H7O2S. The van der Waals surface area contributed by atoms with Crippen molar-refractivity contribution < 1.29 is 9.66 Å². The number of rotatable bonds is 2. The van der Waals surface area contributed by atoms with Crippen LogP contribution < -0.4 is 0 Å². The molecule has 0 aromatic heterocycles. The summed E-state index contributed by atoms with van der Waals surface area (Å²) >= 11 is -1.09. The minimum Gasteiger partial charge on any atom is -0.614 e. The van der Waals surface area contributed by atoms with Crippen LogP contribution in [0.3, 0.4) is 0 Å². The first kappa shape index (κ1) is 6.27. The van der Waals surface area contributed by atoms with Crippen molar-refractivity contribution in [3.05, 3.63) is 0 Å². The lowest BCUT2D eigenvalue weighted by molar-refractivity contribution is 0.250. The van der Waals surface area contributed by atoms with Crippen LogP contribution in [-0.2, 0) is 16.3 Å². The fraction of sp³-hybridized carbons (Fsp3) is 1.00. The number of hydrogen-bond donors (Lipinski definition) is 0. The van der Waals surface area contributed by atoms with Gasteiger partial charge in [-0.25, -0.2) is 0 Å². The van der Waals surface area contributed by atoms with Crippen LogP contribution in [0.25, 0.3) is 0 Å². The van der Waals surface area contributed by atoms with E-state index in [1.54, 1.807) is 6.92 Å². The third kappa shape index (κ3) is 2.50. The second-order valence-corrected chi connectivity index (χ2v) is 2.54. The van der Waals surface area contributed by atoms with Crippen molar-refractivity contribution in [2.45, 2.75) is 6.92 Å². The maximum Gasteiger partial charge on any atom is 0.236 e. The highest BCUT2D eigenvalue weighted by Crippen LogP contribution is 1.82. The topological polar surface area (TPSA) is 43.0 Å². The Hall–Kier alpha value is 0.270. The van der Waals surface area contributed by atoms with E-state index in [-0.39, 0.29) is 0 Å². The third-order valence-corrected chi connectivity index (χ3v) is 1.36. The predicted octanol–water partition coefficient (Wildman–Crippen LogP) is 0.143. The average molecular weight is 107 g/mol. The summed E-state index contributed by atoms with van der Waals surface area (Å²) in [5, 5.41) is 9.56. The van der Waals surface area contributed by atoms with Crippen molar-refractivity contribution >= 4 is 11.2 Å². The molecule has 1 radical (unpaired) electrons. The van der Waals surface area contributed by atoms with Crippen molar-refractivity contribution in [3.8, 4) is 0 Å². The lowest BCUT2D eigenvalue weighted by Crippen LogP contribution is -2.05. The molecule has 0 saturated heterocycles. The molecule has 3 heteroatoms. The molecule has 0 aliphatic carbocycles. The van der Waals surface area contributed by atoms with Gasteiger partial charge in [0.25, 0.3) is 0 Å². The van der Waals surface area contributed by atoms with Gasteiger partial charge in [-0.1, -0.05) is 0 Å². The van der Waals surface area contributed by atoms with E-state index in [1.165, 1.54) is 0 Å². The van der Waals surface area contributed by atoms with Gasteiger partial charge >= 0.3 is 0 Å². The zero-order chi connectivity index (χ0) is 4.99. The predicted molar refractivity (Wildman–Crippen MR) is 24.2 cm³/mol. The van der Waals surface area contributed by atoms with E-state index in [4.69, 9.17) is 0 Å². The Bertz CT molecular complexity index is 28.0. The van der Waals surface area contributed by atoms with Crippen molar-refractivity contribution in [1.29, 1.82) is 0 Å². The largest absolute Gasteiger partial charge is 0.614 e. The molecule has 0 heterocycles. The van der Waals surface area contributed by atoms with Gasteiger partial charge < -0.3 is 4.55 Å². The Balaban J connectivity index is 2.75. The monoisotopic (exact) mass is 107 g/mol. The molecule has 6 heavy (non-hydrogen) atoms. The van der Waals surface area contributed by atoms with Crippen molar-refractivity contribution in [3.63, 3.8) is 0 Å². The highest BCUT2D eigenvalue weighted by atomic mass is 32.2. The first-order valence-electron chi connectivity index (χ1n) is 1.74. The first-order valence-corrected chi connectivity index (χ1v) is 3.23. The second-order valence-electron chi connectivity index (χ2n) is 0.846. The summed E-state index contributed by atoms with van der Waals surface area (Å²) in [7, 11) is 0. The summed E-state index contributed by atoms with van der Waals surface area (Å²) in [6, 6.07) is 0. The van der Waals surface area contributed by atoms with Gasteiger partial charge in [0.1, 0.15) is 5.75 Å². The van der Waals surface area contributed by atoms with E-state index in [9.17, 15) is 9.66 Å². The Morgan fingerprint density at radius 3 is 2.33 bits per heavy atom. The van der Waals surface area contributed by atoms with E-state index >= 15 is 0 Å². The summed E-state index contributed by atoms with van der Waals surface area (Å²) in [6.07, 6.45) is 0. The normalized spacial score (nSPS) is 14.5. The van der Waals surface area contributed by atoms with Gasteiger partial charge in [-0.15, -0.1) is 0 Å². The molecule has 0 rings (SSSR count). The molecule has 1 unspecified atom stereocenters. The summed E-state index contributed by atoms with van der Waals surface area (Å²) in [6.45, 7) is 1.73. The zero-order valence-electron chi connectivity index (χ0n) is 3.64. The molecule has 0 N–H and O–H groups in total. The molecule has 1 atom stereocenters. The van der Waals surface area contributed by atoms with Crippen molar-refractivity contribution in [1.82, 2.24) is 0 Å². The lowest BCUT2D eigenvalue weighted by atomic mass is 11.0. The van der Waals surface area contributed by atoms with Crippen LogP contribution in [0.2, 0.25) is 0 Å². The van der Waals surface area contributed by atoms with E-state index in [2.05, 4.69) is 0 Å². The standard InChI is InChI=1S/C3H7O2S/c1-2-6(5)3-4/h2-3H2,1H3. The zero-order valence-corrected chi connectivity index (χ0v) is 4.46. The smallest absolute Gasteiger partial charge is 0.236 e. The highest BCUT2D eigenvalue weighted by molar-refractivity contribution is 7.91. The summed E-state index contributed by atoms with van der Waals surface area (Å²) in [4.78, 5) is 0. The van der Waals surface area contributed by atoms with E-state index in [1.807, 2.05) is 0 Å². The van der Waals surface area contributed by atoms with Gasteiger partial charge in [-0.3, -0.25) is 0 Å². The fourth-order valence-corrected chi connectivity index (χ4v) is 0.250. The molecule has 0 saturated carbocycles. The Morgan fingerprint density at radius 2 is 2.33 bits per heavy atom. The molecule has 0 amide bonds. The fourth-order valence-electron chi connectivity index (χ4n) is 0.0833. The van der Waals surface area contributed by atoms with Crippen LogP contribution >= 0.6 is 0 Å². The van der Waals surface area contributed by atoms with Crippen LogP contribution in [0.5, 0.6) is 0 Å². The first-order chi connectivity index (χ1) is 2.81. The molecule has 0 aliphatic rings. The van der Waals surface area contributed by atoms with Crippen LogP contribution in [-0.4, -0.2) is 16.2 Å². The van der Waals surface area contributed by atoms with E-state index < -0.39 is 17.1 Å². The minimum absolute atomic E-state index is 0.448. The van der Waals surface area contributed by atoms with Gasteiger partial charge in [0.2, 0.25) is 5.94 Å². The van der Waals surface area contributed by atoms with Gasteiger partial charge in [-0.05, 0) is 18.1 Å². The molecule has 2 nitrogen and oxygen atoms in total. The molecule has 0 aromatic carbocycles. The van der Waals surface area contributed by atoms with Gasteiger partial charge in [0, 0.05) is 0 Å². The minimum atomic E-state index is -1.09. The summed E-state index contributed by atoms with van der Waals surface area (Å²) in [5.74, 6) is 0.0417. The summed E-state index contributed by atoms with van der Waals surface area (Å²) in [5.41, 5.74) is 0. The van der Waals surface area contributed by atoms with E-state index in [0.717, 1.165) is 0 Å². The van der Waals surface area contributed by atoms with Crippen LogP contribution in [0.1, 0.15) is 6.92 Å². The maximum atomic E-state index is 9.98. The molecular weight excluding hydrogens is 100 g/mol. The van der Waals surface area contributed by atoms with Gasteiger partial charge in [-0.2, -0.15) is 5.11 Å². The molecule has 0 fully saturated rings. The van der Waals surface area contributed by atoms with Crippen LogP contribution in [0.15, 0.2) is 0 Å². The van der Waals surface area contributed by atoms with Crippen LogP contribution in [0, 0.1) is 0 Å². The van der Waals surface area contributed by atoms with Crippen molar-refractivity contribution in [2.24, 2.45) is 0 Å². The Morgan fingerprint density at radius 1 is 1.83 bits per heavy atom. The van der Waals surface area contributed by atoms with E-state index in [0.29, 0.717) is 5.75 Å². The second kappa shape index (κ2) is 3.46. The highest BCUT2D eigenvalue weighted by Gasteiger charge is 1.94. The third-order valence-electron chi connectivity index (χ3n) is 0.453. The molecule has 0 aliphatic heterocycles. The Kier molecular flexibility index (Phi) is 3.62. The van der Waals surface area contributed by atoms with Gasteiger partial charge in [0.05, 0.1) is 0 Å². The molecule has 0 spiro atoms. The van der Waals surface area contributed by atoms with Crippen molar-refractivity contribution in [2.75, 3.05) is 11.7 Å². The summed E-state index contributed by atoms with van der Waals surface area (Å²) < 4.78 is 9.98. The van der Waals surface area contributed by atoms with Crippen LogP contribution in [0.4, 0.5) is 0 Å². The average Bonchev–Trinajstić information content (AvgIpc) is 1.65. The molecule has 37 valence electrons. The molecule has 0 aromatic rings. The maximum absolute atomic E-state index is 9.98. The number of hydrogen-bond acceptors (Lipinski definition) is 1. The Labute approximate surface area is 40.4 Å². The quantitative estimate of drug-likeness (QED) is 0.463. The SMILES string of the molecule is CC[S+]([O-])C[O]. The van der Waals surface area contributed by atoms with Gasteiger partial charge in [0.15, 0.2) is 0 Å². The molecule has 0 bridgehead atoms.